The van der Waals surface area contributed by atoms with Crippen molar-refractivity contribution in [1.82, 2.24) is 9.97 Å². The van der Waals surface area contributed by atoms with Crippen molar-refractivity contribution in [3.8, 4) is 0 Å². The van der Waals surface area contributed by atoms with Gasteiger partial charge in [-0.3, -0.25) is 0 Å². The van der Waals surface area contributed by atoms with Gasteiger partial charge in [0.25, 0.3) is 0 Å². The van der Waals surface area contributed by atoms with Crippen LogP contribution in [0.4, 0.5) is 0 Å². The van der Waals surface area contributed by atoms with Crippen molar-refractivity contribution < 1.29 is 4.74 Å². The molecule has 0 radical (unpaired) electrons. The zero-order valence-electron chi connectivity index (χ0n) is 8.49. The Bertz CT molecular complexity index is 293. The zero-order valence-corrected chi connectivity index (χ0v) is 8.49. The SMILES string of the molecule is CCOC(c1ncc(CN)[nH]1)C1CC1. The molecule has 1 aromatic heterocycles. The van der Waals surface area contributed by atoms with Gasteiger partial charge in [-0.2, -0.15) is 0 Å². The molecule has 0 saturated heterocycles. The quantitative estimate of drug-likeness (QED) is 0.745. The standard InChI is InChI=1S/C10H17N3O/c1-2-14-9(7-3-4-7)10-12-6-8(5-11)13-10/h6-7,9H,2-5,11H2,1H3,(H,12,13). The molecule has 78 valence electrons. The average molecular weight is 195 g/mol. The molecule has 0 spiro atoms. The molecule has 14 heavy (non-hydrogen) atoms. The Kier molecular flexibility index (Phi) is 2.84. The number of hydrogen-bond donors (Lipinski definition) is 2. The molecular formula is C10H17N3O. The molecule has 2 rings (SSSR count). The summed E-state index contributed by atoms with van der Waals surface area (Å²) in [5.74, 6) is 1.60. The first-order valence-electron chi connectivity index (χ1n) is 5.20. The van der Waals surface area contributed by atoms with Crippen molar-refractivity contribution in [3.05, 3.63) is 17.7 Å². The van der Waals surface area contributed by atoms with Crippen LogP contribution >= 0.6 is 0 Å². The normalized spacial score (nSPS) is 18.4. The highest BCUT2D eigenvalue weighted by Crippen LogP contribution is 2.42. The van der Waals surface area contributed by atoms with Gasteiger partial charge >= 0.3 is 0 Å². The number of aromatic amines is 1. The van der Waals surface area contributed by atoms with E-state index < -0.39 is 0 Å². The van der Waals surface area contributed by atoms with Crippen LogP contribution in [0.1, 0.15) is 37.4 Å². The molecule has 1 aromatic rings. The van der Waals surface area contributed by atoms with Crippen LogP contribution in [-0.2, 0) is 11.3 Å². The molecule has 1 aliphatic rings. The molecule has 4 nitrogen and oxygen atoms in total. The second-order valence-electron chi connectivity index (χ2n) is 3.71. The molecule has 3 N–H and O–H groups in total. The van der Waals surface area contributed by atoms with Gasteiger partial charge in [-0.05, 0) is 25.7 Å². The Morgan fingerprint density at radius 1 is 1.71 bits per heavy atom. The Morgan fingerprint density at radius 2 is 2.50 bits per heavy atom. The summed E-state index contributed by atoms with van der Waals surface area (Å²) in [7, 11) is 0. The molecule has 1 heterocycles. The second-order valence-corrected chi connectivity index (χ2v) is 3.71. The van der Waals surface area contributed by atoms with Gasteiger partial charge in [-0.25, -0.2) is 4.98 Å². The molecule has 1 atom stereocenters. The maximum absolute atomic E-state index is 5.68. The predicted octanol–water partition coefficient (Wildman–Crippen LogP) is 1.36. The minimum atomic E-state index is 0.153. The van der Waals surface area contributed by atoms with Gasteiger partial charge in [0.05, 0.1) is 0 Å². The fourth-order valence-electron chi connectivity index (χ4n) is 1.64. The van der Waals surface area contributed by atoms with Crippen LogP contribution in [0.25, 0.3) is 0 Å². The van der Waals surface area contributed by atoms with Crippen LogP contribution in [-0.4, -0.2) is 16.6 Å². The third-order valence-corrected chi connectivity index (χ3v) is 2.53. The maximum atomic E-state index is 5.68. The average Bonchev–Trinajstić information content (AvgIpc) is 2.92. The summed E-state index contributed by atoms with van der Waals surface area (Å²) in [6.45, 7) is 3.26. The van der Waals surface area contributed by atoms with Gasteiger partial charge in [-0.15, -0.1) is 0 Å². The summed E-state index contributed by atoms with van der Waals surface area (Å²) in [5, 5.41) is 0. The van der Waals surface area contributed by atoms with E-state index in [1.54, 1.807) is 6.20 Å². The Morgan fingerprint density at radius 3 is 3.00 bits per heavy atom. The van der Waals surface area contributed by atoms with Crippen LogP contribution in [0.15, 0.2) is 6.20 Å². The number of aromatic nitrogens is 2. The van der Waals surface area contributed by atoms with Crippen LogP contribution in [0.2, 0.25) is 0 Å². The number of imidazole rings is 1. The van der Waals surface area contributed by atoms with Crippen molar-refractivity contribution in [2.75, 3.05) is 6.61 Å². The van der Waals surface area contributed by atoms with Gasteiger partial charge in [-0.1, -0.05) is 0 Å². The molecule has 0 aromatic carbocycles. The molecule has 1 unspecified atom stereocenters. The van der Waals surface area contributed by atoms with Crippen molar-refractivity contribution >= 4 is 0 Å². The number of H-pyrrole nitrogens is 1. The van der Waals surface area contributed by atoms with Crippen molar-refractivity contribution in [2.45, 2.75) is 32.4 Å². The van der Waals surface area contributed by atoms with Crippen molar-refractivity contribution in [1.29, 1.82) is 0 Å². The second kappa shape index (κ2) is 4.11. The van der Waals surface area contributed by atoms with E-state index in [4.69, 9.17) is 10.5 Å². The van der Waals surface area contributed by atoms with E-state index in [9.17, 15) is 0 Å². The highest BCUT2D eigenvalue weighted by atomic mass is 16.5. The van der Waals surface area contributed by atoms with E-state index in [-0.39, 0.29) is 6.10 Å². The summed E-state index contributed by atoms with van der Waals surface area (Å²) >= 11 is 0. The van der Waals surface area contributed by atoms with Gasteiger partial charge < -0.3 is 15.5 Å². The lowest BCUT2D eigenvalue weighted by molar-refractivity contribution is 0.0406. The van der Waals surface area contributed by atoms with Gasteiger partial charge in [0.2, 0.25) is 0 Å². The van der Waals surface area contributed by atoms with Crippen molar-refractivity contribution in [2.24, 2.45) is 11.7 Å². The summed E-state index contributed by atoms with van der Waals surface area (Å²) < 4.78 is 5.68. The fourth-order valence-corrected chi connectivity index (χ4v) is 1.64. The number of nitrogens with zero attached hydrogens (tertiary/aromatic N) is 1. The Balaban J connectivity index is 2.08. The monoisotopic (exact) mass is 195 g/mol. The molecule has 1 saturated carbocycles. The number of nitrogens with one attached hydrogen (secondary N) is 1. The van der Waals surface area contributed by atoms with Crippen LogP contribution < -0.4 is 5.73 Å². The van der Waals surface area contributed by atoms with E-state index in [1.807, 2.05) is 6.92 Å². The first-order valence-corrected chi connectivity index (χ1v) is 5.20. The lowest BCUT2D eigenvalue weighted by Crippen LogP contribution is -2.08. The molecule has 0 bridgehead atoms. The molecule has 1 aliphatic carbocycles. The van der Waals surface area contributed by atoms with Gasteiger partial charge in [0.1, 0.15) is 11.9 Å². The molecule has 0 amide bonds. The molecule has 1 fully saturated rings. The minimum absolute atomic E-state index is 0.153. The predicted molar refractivity (Wildman–Crippen MR) is 53.6 cm³/mol. The molecule has 4 heteroatoms. The van der Waals surface area contributed by atoms with Crippen LogP contribution in [0, 0.1) is 5.92 Å². The fraction of sp³-hybridized carbons (Fsp3) is 0.700. The number of hydrogen-bond acceptors (Lipinski definition) is 3. The summed E-state index contributed by atoms with van der Waals surface area (Å²) in [6.07, 6.45) is 4.46. The lowest BCUT2D eigenvalue weighted by Gasteiger charge is -2.13. The highest BCUT2D eigenvalue weighted by Gasteiger charge is 2.34. The van der Waals surface area contributed by atoms with E-state index in [1.165, 1.54) is 12.8 Å². The number of rotatable bonds is 5. The topological polar surface area (TPSA) is 63.9 Å². The van der Waals surface area contributed by atoms with Gasteiger partial charge in [0.15, 0.2) is 0 Å². The zero-order chi connectivity index (χ0) is 9.97. The van der Waals surface area contributed by atoms with E-state index in [0.29, 0.717) is 12.5 Å². The van der Waals surface area contributed by atoms with Crippen LogP contribution in [0.3, 0.4) is 0 Å². The van der Waals surface area contributed by atoms with E-state index in [2.05, 4.69) is 9.97 Å². The largest absolute Gasteiger partial charge is 0.370 e. The Hall–Kier alpha value is -0.870. The molecular weight excluding hydrogens is 178 g/mol. The van der Waals surface area contributed by atoms with Crippen molar-refractivity contribution in [3.63, 3.8) is 0 Å². The maximum Gasteiger partial charge on any atom is 0.135 e. The number of ether oxygens (including phenoxy) is 1. The molecule has 0 aliphatic heterocycles. The smallest absolute Gasteiger partial charge is 0.135 e. The Labute approximate surface area is 83.9 Å². The summed E-state index contributed by atoms with van der Waals surface area (Å²) in [6, 6.07) is 0. The first-order chi connectivity index (χ1) is 6.85. The van der Waals surface area contributed by atoms with E-state index in [0.717, 1.165) is 18.1 Å². The third-order valence-electron chi connectivity index (χ3n) is 2.53. The minimum Gasteiger partial charge on any atom is -0.370 e. The van der Waals surface area contributed by atoms with Gasteiger partial charge in [0, 0.05) is 25.0 Å². The lowest BCUT2D eigenvalue weighted by atomic mass is 10.2. The summed E-state index contributed by atoms with van der Waals surface area (Å²) in [5.41, 5.74) is 6.49. The van der Waals surface area contributed by atoms with Crippen LogP contribution in [0.5, 0.6) is 0 Å². The summed E-state index contributed by atoms with van der Waals surface area (Å²) in [4.78, 5) is 7.51. The highest BCUT2D eigenvalue weighted by molar-refractivity contribution is 5.06. The third kappa shape index (κ3) is 1.96. The van der Waals surface area contributed by atoms with E-state index >= 15 is 0 Å². The first kappa shape index (κ1) is 9.68. The number of nitrogens with two attached hydrogens (primary N) is 1.